The lowest BCUT2D eigenvalue weighted by Crippen LogP contribution is -2.12. The van der Waals surface area contributed by atoms with E-state index in [1.165, 1.54) is 4.90 Å². The van der Waals surface area contributed by atoms with Crippen LogP contribution in [0.15, 0.2) is 23.1 Å². The first-order valence-corrected chi connectivity index (χ1v) is 6.20. The Morgan fingerprint density at radius 1 is 1.50 bits per heavy atom. The van der Waals surface area contributed by atoms with E-state index in [0.717, 1.165) is 29.9 Å². The fraction of sp³-hybridized carbons (Fsp3) is 0.417. The summed E-state index contributed by atoms with van der Waals surface area (Å²) in [7, 11) is 1.72. The van der Waals surface area contributed by atoms with Crippen LogP contribution in [0.2, 0.25) is 0 Å². The molecule has 3 N–H and O–H groups in total. The van der Waals surface area contributed by atoms with Crippen molar-refractivity contribution in [1.29, 1.82) is 5.41 Å². The lowest BCUT2D eigenvalue weighted by molar-refractivity contribution is 0.200. The quantitative estimate of drug-likeness (QED) is 0.346. The highest BCUT2D eigenvalue weighted by atomic mass is 32.2. The number of aryl methyl sites for hydroxylation is 1. The van der Waals surface area contributed by atoms with E-state index < -0.39 is 0 Å². The Bertz CT molecular complexity index is 366. The Balaban J connectivity index is 2.56. The molecule has 0 fully saturated rings. The Labute approximate surface area is 101 Å². The molecule has 0 spiro atoms. The number of amidine groups is 1. The molecule has 0 unspecified atom stereocenters. The molecule has 0 saturated carbocycles. The zero-order chi connectivity index (χ0) is 12.0. The van der Waals surface area contributed by atoms with Gasteiger partial charge < -0.3 is 10.5 Å². The number of rotatable bonds is 6. The van der Waals surface area contributed by atoms with E-state index in [4.69, 9.17) is 15.9 Å². The van der Waals surface area contributed by atoms with Gasteiger partial charge in [-0.1, -0.05) is 0 Å². The maximum absolute atomic E-state index is 7.39. The standard InChI is InChI=1S/C12H18N2OS/c1-9-8-10(16-7-3-6-15-2)4-5-11(9)12(13)14/h4-5,8H,3,6-7H2,1-2H3,(H3,13,14). The molecule has 0 aliphatic heterocycles. The molecule has 1 aromatic rings. The summed E-state index contributed by atoms with van der Waals surface area (Å²) >= 11 is 1.80. The number of methoxy groups -OCH3 is 1. The maximum Gasteiger partial charge on any atom is 0.123 e. The minimum Gasteiger partial charge on any atom is -0.385 e. The van der Waals surface area contributed by atoms with Gasteiger partial charge in [-0.25, -0.2) is 0 Å². The van der Waals surface area contributed by atoms with E-state index in [1.54, 1.807) is 18.9 Å². The fourth-order valence-electron chi connectivity index (χ4n) is 1.42. The summed E-state index contributed by atoms with van der Waals surface area (Å²) in [5.74, 6) is 1.18. The normalized spacial score (nSPS) is 10.4. The maximum atomic E-state index is 7.39. The number of benzene rings is 1. The second-order valence-corrected chi connectivity index (χ2v) is 4.75. The SMILES string of the molecule is COCCCSc1ccc(C(=N)N)c(C)c1. The molecule has 16 heavy (non-hydrogen) atoms. The van der Waals surface area contributed by atoms with E-state index in [-0.39, 0.29) is 5.84 Å². The van der Waals surface area contributed by atoms with Gasteiger partial charge in [0.05, 0.1) is 0 Å². The lowest BCUT2D eigenvalue weighted by atomic mass is 10.1. The Kier molecular flexibility index (Phi) is 5.35. The topological polar surface area (TPSA) is 59.1 Å². The number of hydrogen-bond acceptors (Lipinski definition) is 3. The predicted molar refractivity (Wildman–Crippen MR) is 69.4 cm³/mol. The predicted octanol–water partition coefficient (Wildman–Crippen LogP) is 2.41. The second-order valence-electron chi connectivity index (χ2n) is 3.59. The summed E-state index contributed by atoms with van der Waals surface area (Å²) in [6.45, 7) is 2.79. The minimum atomic E-state index is 0.133. The Morgan fingerprint density at radius 3 is 2.81 bits per heavy atom. The zero-order valence-electron chi connectivity index (χ0n) is 9.75. The number of thioether (sulfide) groups is 1. The first-order valence-electron chi connectivity index (χ1n) is 5.22. The molecule has 0 atom stereocenters. The van der Waals surface area contributed by atoms with Crippen molar-refractivity contribution in [2.24, 2.45) is 5.73 Å². The van der Waals surface area contributed by atoms with Crippen LogP contribution in [-0.4, -0.2) is 25.3 Å². The van der Waals surface area contributed by atoms with Gasteiger partial charge in [0.15, 0.2) is 0 Å². The van der Waals surface area contributed by atoms with E-state index >= 15 is 0 Å². The van der Waals surface area contributed by atoms with Crippen LogP contribution in [0.3, 0.4) is 0 Å². The van der Waals surface area contributed by atoms with Gasteiger partial charge in [0.2, 0.25) is 0 Å². The van der Waals surface area contributed by atoms with Crippen LogP contribution in [0.25, 0.3) is 0 Å². The van der Waals surface area contributed by atoms with Crippen molar-refractivity contribution in [2.75, 3.05) is 19.5 Å². The van der Waals surface area contributed by atoms with Crippen molar-refractivity contribution in [3.8, 4) is 0 Å². The number of ether oxygens (including phenoxy) is 1. The van der Waals surface area contributed by atoms with Crippen molar-refractivity contribution in [3.05, 3.63) is 29.3 Å². The number of hydrogen-bond donors (Lipinski definition) is 2. The summed E-state index contributed by atoms with van der Waals surface area (Å²) in [6.07, 6.45) is 1.05. The van der Waals surface area contributed by atoms with Crippen molar-refractivity contribution in [1.82, 2.24) is 0 Å². The molecule has 0 heterocycles. The Hall–Kier alpha value is -1.00. The van der Waals surface area contributed by atoms with Crippen LogP contribution in [0.5, 0.6) is 0 Å². The summed E-state index contributed by atoms with van der Waals surface area (Å²) in [4.78, 5) is 1.22. The van der Waals surface area contributed by atoms with Gasteiger partial charge in [0, 0.05) is 29.9 Å². The van der Waals surface area contributed by atoms with E-state index in [2.05, 4.69) is 6.07 Å². The van der Waals surface area contributed by atoms with Crippen LogP contribution in [0, 0.1) is 12.3 Å². The highest BCUT2D eigenvalue weighted by molar-refractivity contribution is 7.99. The summed E-state index contributed by atoms with van der Waals surface area (Å²) < 4.78 is 5.00. The first-order chi connectivity index (χ1) is 7.65. The molecule has 4 heteroatoms. The van der Waals surface area contributed by atoms with Crippen molar-refractivity contribution in [2.45, 2.75) is 18.2 Å². The van der Waals surface area contributed by atoms with Gasteiger partial charge in [-0.15, -0.1) is 11.8 Å². The number of nitrogens with two attached hydrogens (primary N) is 1. The monoisotopic (exact) mass is 238 g/mol. The molecule has 0 aliphatic carbocycles. The molecule has 0 aromatic heterocycles. The molecular formula is C12H18N2OS. The minimum absolute atomic E-state index is 0.133. The van der Waals surface area contributed by atoms with E-state index in [0.29, 0.717) is 0 Å². The first kappa shape index (κ1) is 13.1. The molecular weight excluding hydrogens is 220 g/mol. The Morgan fingerprint density at radius 2 is 2.25 bits per heavy atom. The lowest BCUT2D eigenvalue weighted by Gasteiger charge is -2.06. The summed E-state index contributed by atoms with van der Waals surface area (Å²) in [5.41, 5.74) is 7.34. The summed E-state index contributed by atoms with van der Waals surface area (Å²) in [5, 5.41) is 7.39. The molecule has 0 radical (unpaired) electrons. The molecule has 0 aliphatic rings. The van der Waals surface area contributed by atoms with Crippen LogP contribution in [0.4, 0.5) is 0 Å². The zero-order valence-corrected chi connectivity index (χ0v) is 10.6. The van der Waals surface area contributed by atoms with Gasteiger partial charge >= 0.3 is 0 Å². The molecule has 88 valence electrons. The molecule has 3 nitrogen and oxygen atoms in total. The van der Waals surface area contributed by atoms with E-state index in [1.807, 2.05) is 19.1 Å². The number of nitrogens with one attached hydrogen (secondary N) is 1. The number of nitrogen functional groups attached to an aromatic ring is 1. The van der Waals surface area contributed by atoms with Crippen LogP contribution < -0.4 is 5.73 Å². The highest BCUT2D eigenvalue weighted by Gasteiger charge is 2.02. The second kappa shape index (κ2) is 6.55. The smallest absolute Gasteiger partial charge is 0.123 e. The van der Waals surface area contributed by atoms with Gasteiger partial charge in [-0.2, -0.15) is 0 Å². The third kappa shape index (κ3) is 3.87. The molecule has 1 rings (SSSR count). The third-order valence-corrected chi connectivity index (χ3v) is 3.33. The third-order valence-electron chi connectivity index (χ3n) is 2.25. The van der Waals surface area contributed by atoms with Crippen LogP contribution >= 0.6 is 11.8 Å². The van der Waals surface area contributed by atoms with Crippen molar-refractivity contribution in [3.63, 3.8) is 0 Å². The fourth-order valence-corrected chi connectivity index (χ4v) is 2.34. The van der Waals surface area contributed by atoms with Crippen molar-refractivity contribution >= 4 is 17.6 Å². The van der Waals surface area contributed by atoms with E-state index in [9.17, 15) is 0 Å². The van der Waals surface area contributed by atoms with Crippen molar-refractivity contribution < 1.29 is 4.74 Å². The van der Waals surface area contributed by atoms with Gasteiger partial charge in [-0.05, 0) is 37.1 Å². The van der Waals surface area contributed by atoms with Crippen LogP contribution in [0.1, 0.15) is 17.5 Å². The average Bonchev–Trinajstić information content (AvgIpc) is 2.24. The largest absolute Gasteiger partial charge is 0.385 e. The van der Waals surface area contributed by atoms with Gasteiger partial charge in [-0.3, -0.25) is 5.41 Å². The van der Waals surface area contributed by atoms with Gasteiger partial charge in [0.25, 0.3) is 0 Å². The highest BCUT2D eigenvalue weighted by Crippen LogP contribution is 2.21. The average molecular weight is 238 g/mol. The molecule has 0 bridgehead atoms. The summed E-state index contributed by atoms with van der Waals surface area (Å²) in [6, 6.07) is 6.01. The van der Waals surface area contributed by atoms with Crippen LogP contribution in [-0.2, 0) is 4.74 Å². The van der Waals surface area contributed by atoms with Gasteiger partial charge in [0.1, 0.15) is 5.84 Å². The molecule has 0 amide bonds. The molecule has 1 aromatic carbocycles. The molecule has 0 saturated heterocycles.